The monoisotopic (exact) mass is 381 g/mol. The summed E-state index contributed by atoms with van der Waals surface area (Å²) in [5.41, 5.74) is 2.58. The number of nitro benzene ring substituents is 1. The molecule has 3 aromatic rings. The second-order valence-corrected chi connectivity index (χ2v) is 7.76. The number of hydrogen-bond acceptors (Lipinski definition) is 5. The number of nitro groups is 1. The molecule has 0 atom stereocenters. The summed E-state index contributed by atoms with van der Waals surface area (Å²) in [7, 11) is 0. The summed E-state index contributed by atoms with van der Waals surface area (Å²) in [6.07, 6.45) is 8.30. The van der Waals surface area contributed by atoms with Crippen molar-refractivity contribution < 1.29 is 4.92 Å². The van der Waals surface area contributed by atoms with Crippen molar-refractivity contribution in [3.63, 3.8) is 0 Å². The molecule has 4 rings (SSSR count). The number of aromatic amines is 1. The predicted molar refractivity (Wildman–Crippen MR) is 108 cm³/mol. The van der Waals surface area contributed by atoms with Crippen LogP contribution in [0.5, 0.6) is 0 Å². The number of thiophene rings is 1. The summed E-state index contributed by atoms with van der Waals surface area (Å²) in [5.74, 6) is 0.466. The van der Waals surface area contributed by atoms with E-state index in [9.17, 15) is 14.9 Å². The molecule has 7 heteroatoms. The molecule has 6 nitrogen and oxygen atoms in total. The topological polar surface area (TPSA) is 88.9 Å². The van der Waals surface area contributed by atoms with E-state index in [-0.39, 0.29) is 16.2 Å². The van der Waals surface area contributed by atoms with Crippen molar-refractivity contribution in [3.05, 3.63) is 66.1 Å². The Hall–Kier alpha value is -2.80. The van der Waals surface area contributed by atoms with E-state index in [0.717, 1.165) is 41.5 Å². The van der Waals surface area contributed by atoms with Gasteiger partial charge < -0.3 is 4.98 Å². The summed E-state index contributed by atoms with van der Waals surface area (Å²) in [6, 6.07) is 5.16. The maximum atomic E-state index is 12.6. The van der Waals surface area contributed by atoms with Crippen molar-refractivity contribution in [2.45, 2.75) is 39.0 Å². The minimum atomic E-state index is -0.363. The Kier molecular flexibility index (Phi) is 4.61. The van der Waals surface area contributed by atoms with Crippen LogP contribution in [0.1, 0.15) is 47.2 Å². The van der Waals surface area contributed by atoms with Gasteiger partial charge in [-0.15, -0.1) is 11.3 Å². The highest BCUT2D eigenvalue weighted by atomic mass is 32.1. The summed E-state index contributed by atoms with van der Waals surface area (Å²) in [6.45, 7) is 1.89. The summed E-state index contributed by atoms with van der Waals surface area (Å²) in [4.78, 5) is 32.9. The SMILES string of the molecule is CCc1ccc(/C=C/c2nc3sc4c(c3c(=O)[nH]2)CCCC4)cc1[N+](=O)[O-]. The standard InChI is InChI=1S/C20H19N3O3S/c1-2-13-9-7-12(11-15(13)23(25)26)8-10-17-21-19(24)18-14-5-3-4-6-16(14)27-20(18)22-17/h7-11H,2-6H2,1H3,(H,21,22,24)/b10-8+. The number of fused-ring (bicyclic) bond motifs is 3. The van der Waals surface area contributed by atoms with Gasteiger partial charge in [-0.2, -0.15) is 0 Å². The van der Waals surface area contributed by atoms with Gasteiger partial charge in [0.2, 0.25) is 0 Å². The molecule has 0 aliphatic heterocycles. The quantitative estimate of drug-likeness (QED) is 0.532. The number of nitrogens with zero attached hydrogens (tertiary/aromatic N) is 2. The number of aryl methyl sites for hydroxylation is 3. The zero-order valence-corrected chi connectivity index (χ0v) is 15.8. The summed E-state index contributed by atoms with van der Waals surface area (Å²) < 4.78 is 0. The zero-order chi connectivity index (χ0) is 19.0. The molecule has 0 saturated heterocycles. The number of rotatable bonds is 4. The molecule has 0 radical (unpaired) electrons. The molecule has 1 aliphatic rings. The van der Waals surface area contributed by atoms with Crippen molar-refractivity contribution in [2.75, 3.05) is 0 Å². The summed E-state index contributed by atoms with van der Waals surface area (Å²) in [5, 5.41) is 11.9. The van der Waals surface area contributed by atoms with Crippen LogP contribution >= 0.6 is 11.3 Å². The fraction of sp³-hybridized carbons (Fsp3) is 0.300. The first kappa shape index (κ1) is 17.6. The number of H-pyrrole nitrogens is 1. The fourth-order valence-electron chi connectivity index (χ4n) is 3.59. The summed E-state index contributed by atoms with van der Waals surface area (Å²) >= 11 is 1.61. The van der Waals surface area contributed by atoms with Crippen LogP contribution < -0.4 is 5.56 Å². The van der Waals surface area contributed by atoms with E-state index in [1.54, 1.807) is 35.6 Å². The van der Waals surface area contributed by atoms with Crippen LogP contribution in [0.25, 0.3) is 22.4 Å². The average molecular weight is 381 g/mol. The lowest BCUT2D eigenvalue weighted by Crippen LogP contribution is -2.11. The normalized spacial score (nSPS) is 14.0. The van der Waals surface area contributed by atoms with E-state index in [0.29, 0.717) is 23.4 Å². The predicted octanol–water partition coefficient (Wildman–Crippen LogP) is 4.50. The van der Waals surface area contributed by atoms with Crippen molar-refractivity contribution in [1.29, 1.82) is 0 Å². The minimum Gasteiger partial charge on any atom is -0.306 e. The lowest BCUT2D eigenvalue weighted by molar-refractivity contribution is -0.385. The maximum absolute atomic E-state index is 12.6. The Balaban J connectivity index is 1.70. The molecular formula is C20H19N3O3S. The van der Waals surface area contributed by atoms with Gasteiger partial charge in [-0.05, 0) is 49.3 Å². The molecule has 2 aromatic heterocycles. The third-order valence-corrected chi connectivity index (χ3v) is 6.15. The van der Waals surface area contributed by atoms with Crippen LogP contribution in [0.15, 0.2) is 23.0 Å². The fourth-order valence-corrected chi connectivity index (χ4v) is 4.86. The highest BCUT2D eigenvalue weighted by Gasteiger charge is 2.19. The van der Waals surface area contributed by atoms with Crippen LogP contribution in [-0.4, -0.2) is 14.9 Å². The van der Waals surface area contributed by atoms with Gasteiger partial charge in [0.1, 0.15) is 10.7 Å². The van der Waals surface area contributed by atoms with Gasteiger partial charge >= 0.3 is 0 Å². The molecule has 0 bridgehead atoms. The van der Waals surface area contributed by atoms with E-state index in [4.69, 9.17) is 0 Å². The van der Waals surface area contributed by atoms with Gasteiger partial charge in [0.15, 0.2) is 0 Å². The van der Waals surface area contributed by atoms with Crippen LogP contribution in [-0.2, 0) is 19.3 Å². The second-order valence-electron chi connectivity index (χ2n) is 6.67. The van der Waals surface area contributed by atoms with Crippen molar-refractivity contribution in [3.8, 4) is 0 Å². The third-order valence-electron chi connectivity index (χ3n) is 4.96. The molecule has 0 amide bonds. The zero-order valence-electron chi connectivity index (χ0n) is 14.9. The Morgan fingerprint density at radius 3 is 2.89 bits per heavy atom. The smallest absolute Gasteiger partial charge is 0.273 e. The van der Waals surface area contributed by atoms with Crippen LogP contribution in [0.2, 0.25) is 0 Å². The molecule has 1 N–H and O–H groups in total. The first-order chi connectivity index (χ1) is 13.1. The van der Waals surface area contributed by atoms with Crippen LogP contribution in [0.4, 0.5) is 5.69 Å². The van der Waals surface area contributed by atoms with Gasteiger partial charge in [-0.1, -0.05) is 25.1 Å². The average Bonchev–Trinajstić information content (AvgIpc) is 3.05. The van der Waals surface area contributed by atoms with Gasteiger partial charge in [0.25, 0.3) is 11.2 Å². The second kappa shape index (κ2) is 7.08. The molecule has 0 saturated carbocycles. The molecule has 0 fully saturated rings. The number of benzene rings is 1. The molecule has 27 heavy (non-hydrogen) atoms. The van der Waals surface area contributed by atoms with Gasteiger partial charge in [-0.3, -0.25) is 14.9 Å². The first-order valence-corrected chi connectivity index (χ1v) is 9.88. The molecule has 138 valence electrons. The molecule has 1 aromatic carbocycles. The first-order valence-electron chi connectivity index (χ1n) is 9.06. The lowest BCUT2D eigenvalue weighted by Gasteiger charge is -2.09. The Labute approximate surface area is 159 Å². The van der Waals surface area contributed by atoms with Gasteiger partial charge in [0, 0.05) is 16.5 Å². The van der Waals surface area contributed by atoms with E-state index < -0.39 is 0 Å². The maximum Gasteiger partial charge on any atom is 0.273 e. The highest BCUT2D eigenvalue weighted by Crippen LogP contribution is 2.33. The molecule has 1 aliphatic carbocycles. The van der Waals surface area contributed by atoms with E-state index >= 15 is 0 Å². The Bertz CT molecular complexity index is 1130. The van der Waals surface area contributed by atoms with Crippen molar-refractivity contribution in [1.82, 2.24) is 9.97 Å². The molecule has 2 heterocycles. The van der Waals surface area contributed by atoms with Crippen LogP contribution in [0.3, 0.4) is 0 Å². The number of nitrogens with one attached hydrogen (secondary N) is 1. The third kappa shape index (κ3) is 3.30. The number of hydrogen-bond donors (Lipinski definition) is 1. The lowest BCUT2D eigenvalue weighted by atomic mass is 9.97. The highest BCUT2D eigenvalue weighted by molar-refractivity contribution is 7.18. The van der Waals surface area contributed by atoms with Crippen LogP contribution in [0, 0.1) is 10.1 Å². The van der Waals surface area contributed by atoms with Crippen molar-refractivity contribution >= 4 is 39.4 Å². The molecule has 0 spiro atoms. The molecule has 0 unspecified atom stereocenters. The minimum absolute atomic E-state index is 0.105. The van der Waals surface area contributed by atoms with E-state index in [1.165, 1.54) is 4.88 Å². The Morgan fingerprint density at radius 2 is 2.11 bits per heavy atom. The van der Waals surface area contributed by atoms with Gasteiger partial charge in [-0.25, -0.2) is 4.98 Å². The Morgan fingerprint density at radius 1 is 1.30 bits per heavy atom. The molecular weight excluding hydrogens is 362 g/mol. The largest absolute Gasteiger partial charge is 0.306 e. The van der Waals surface area contributed by atoms with Crippen molar-refractivity contribution in [2.24, 2.45) is 0 Å². The van der Waals surface area contributed by atoms with Gasteiger partial charge in [0.05, 0.1) is 10.3 Å². The van der Waals surface area contributed by atoms with E-state index in [1.807, 2.05) is 13.0 Å². The number of aromatic nitrogens is 2. The van der Waals surface area contributed by atoms with E-state index in [2.05, 4.69) is 9.97 Å².